The number of aryl methyl sites for hydroxylation is 1. The number of nitrogens with two attached hydrogens (primary N) is 1. The Morgan fingerprint density at radius 2 is 1.95 bits per heavy atom. The number of nitrogen functional groups attached to an aromatic ring is 1. The van der Waals surface area contributed by atoms with Gasteiger partial charge in [-0.2, -0.15) is 0 Å². The summed E-state index contributed by atoms with van der Waals surface area (Å²) in [4.78, 5) is 2.55. The van der Waals surface area contributed by atoms with Crippen LogP contribution in [0.25, 0.3) is 0 Å². The summed E-state index contributed by atoms with van der Waals surface area (Å²) in [5.74, 6) is 0. The molecule has 0 saturated carbocycles. The van der Waals surface area contributed by atoms with Crippen LogP contribution in [-0.4, -0.2) is 24.5 Å². The van der Waals surface area contributed by atoms with Crippen molar-refractivity contribution in [3.05, 3.63) is 65.2 Å². The molecule has 3 nitrogen and oxygen atoms in total. The van der Waals surface area contributed by atoms with Crippen molar-refractivity contribution in [2.75, 3.05) is 25.4 Å². The van der Waals surface area contributed by atoms with Crippen molar-refractivity contribution >= 4 is 5.69 Å². The molecule has 2 aromatic rings. The summed E-state index contributed by atoms with van der Waals surface area (Å²) >= 11 is 0. The van der Waals surface area contributed by atoms with E-state index in [-0.39, 0.29) is 0 Å². The Kier molecular flexibility index (Phi) is 4.76. The van der Waals surface area contributed by atoms with Crippen molar-refractivity contribution in [1.29, 1.82) is 0 Å². The molecule has 0 bridgehead atoms. The molecule has 1 fully saturated rings. The molecule has 3 heteroatoms. The molecule has 1 atom stereocenters. The van der Waals surface area contributed by atoms with Gasteiger partial charge in [0.05, 0.1) is 0 Å². The largest absolute Gasteiger partial charge is 0.399 e. The Morgan fingerprint density at radius 1 is 1.14 bits per heavy atom. The highest BCUT2D eigenvalue weighted by Crippen LogP contribution is 2.25. The summed E-state index contributed by atoms with van der Waals surface area (Å²) in [5.41, 5.74) is 10.8. The van der Waals surface area contributed by atoms with Crippen molar-refractivity contribution < 1.29 is 0 Å². The minimum Gasteiger partial charge on any atom is -0.399 e. The van der Waals surface area contributed by atoms with Gasteiger partial charge in [0.15, 0.2) is 0 Å². The molecule has 0 radical (unpaired) electrons. The summed E-state index contributed by atoms with van der Waals surface area (Å²) in [6.07, 6.45) is 1.09. The molecule has 3 rings (SSSR count). The molecule has 1 unspecified atom stereocenters. The fourth-order valence-corrected chi connectivity index (χ4v) is 3.17. The van der Waals surface area contributed by atoms with E-state index >= 15 is 0 Å². The quantitative estimate of drug-likeness (QED) is 0.852. The van der Waals surface area contributed by atoms with Gasteiger partial charge >= 0.3 is 0 Å². The lowest BCUT2D eigenvalue weighted by Gasteiger charge is -2.36. The third-order valence-corrected chi connectivity index (χ3v) is 4.46. The lowest BCUT2D eigenvalue weighted by molar-refractivity contribution is 0.154. The molecule has 3 N–H and O–H groups in total. The summed E-state index contributed by atoms with van der Waals surface area (Å²) < 4.78 is 0. The first-order valence-corrected chi connectivity index (χ1v) is 8.14. The molecule has 0 spiro atoms. The lowest BCUT2D eigenvalue weighted by atomic mass is 10.00. The zero-order chi connectivity index (χ0) is 15.4. The number of hydrogen-bond acceptors (Lipinski definition) is 3. The molecule has 1 aliphatic heterocycles. The maximum atomic E-state index is 5.91. The minimum absolute atomic E-state index is 0.432. The van der Waals surface area contributed by atoms with Gasteiger partial charge in [-0.05, 0) is 35.2 Å². The molecule has 116 valence electrons. The summed E-state index contributed by atoms with van der Waals surface area (Å²) in [7, 11) is 0. The van der Waals surface area contributed by atoms with Gasteiger partial charge in [0, 0.05) is 37.9 Å². The van der Waals surface area contributed by atoms with Crippen molar-refractivity contribution in [3.63, 3.8) is 0 Å². The molecule has 0 aliphatic carbocycles. The first-order valence-electron chi connectivity index (χ1n) is 8.14. The van der Waals surface area contributed by atoms with Gasteiger partial charge in [-0.3, -0.25) is 4.90 Å². The maximum absolute atomic E-state index is 5.91. The van der Waals surface area contributed by atoms with Gasteiger partial charge in [-0.25, -0.2) is 0 Å². The van der Waals surface area contributed by atoms with Gasteiger partial charge in [0.1, 0.15) is 0 Å². The number of nitrogens with one attached hydrogen (secondary N) is 1. The van der Waals surface area contributed by atoms with Crippen LogP contribution in [0.1, 0.15) is 29.7 Å². The van der Waals surface area contributed by atoms with Crippen LogP contribution in [0.4, 0.5) is 5.69 Å². The number of hydrogen-bond donors (Lipinski definition) is 2. The number of piperazine rings is 1. The smallest absolute Gasteiger partial charge is 0.0476 e. The average molecular weight is 295 g/mol. The SMILES string of the molecule is CCc1ccc(C2CNCCN2Cc2cccc(N)c2)cc1. The first kappa shape index (κ1) is 15.1. The monoisotopic (exact) mass is 295 g/mol. The second-order valence-electron chi connectivity index (χ2n) is 6.03. The number of anilines is 1. The van der Waals surface area contributed by atoms with Crippen LogP contribution >= 0.6 is 0 Å². The number of rotatable bonds is 4. The van der Waals surface area contributed by atoms with Crippen LogP contribution in [0.3, 0.4) is 0 Å². The van der Waals surface area contributed by atoms with E-state index in [2.05, 4.69) is 53.5 Å². The Bertz CT molecular complexity index is 606. The van der Waals surface area contributed by atoms with Crippen molar-refractivity contribution in [1.82, 2.24) is 10.2 Å². The highest BCUT2D eigenvalue weighted by molar-refractivity contribution is 5.40. The Morgan fingerprint density at radius 3 is 2.68 bits per heavy atom. The third kappa shape index (κ3) is 3.49. The molecule has 22 heavy (non-hydrogen) atoms. The molecule has 1 saturated heterocycles. The lowest BCUT2D eigenvalue weighted by Crippen LogP contribution is -2.45. The molecule has 0 aromatic heterocycles. The van der Waals surface area contributed by atoms with Gasteiger partial charge in [-0.1, -0.05) is 43.3 Å². The van der Waals surface area contributed by atoms with Crippen LogP contribution in [0.15, 0.2) is 48.5 Å². The summed E-state index contributed by atoms with van der Waals surface area (Å²) in [6.45, 7) is 6.27. The standard InChI is InChI=1S/C19H25N3/c1-2-15-6-8-17(9-7-15)19-13-21-10-11-22(19)14-16-4-3-5-18(20)12-16/h3-9,12,19,21H,2,10-11,13-14,20H2,1H3. The van der Waals surface area contributed by atoms with Gasteiger partial charge in [0.2, 0.25) is 0 Å². The third-order valence-electron chi connectivity index (χ3n) is 4.46. The maximum Gasteiger partial charge on any atom is 0.0476 e. The molecular formula is C19H25N3. The van der Waals surface area contributed by atoms with Crippen molar-refractivity contribution in [3.8, 4) is 0 Å². The predicted molar refractivity (Wildman–Crippen MR) is 92.7 cm³/mol. The van der Waals surface area contributed by atoms with E-state index in [9.17, 15) is 0 Å². The van der Waals surface area contributed by atoms with Crippen LogP contribution < -0.4 is 11.1 Å². The van der Waals surface area contributed by atoms with E-state index in [0.717, 1.165) is 38.3 Å². The van der Waals surface area contributed by atoms with E-state index in [1.54, 1.807) is 0 Å². The minimum atomic E-state index is 0.432. The van der Waals surface area contributed by atoms with Gasteiger partial charge in [-0.15, -0.1) is 0 Å². The van der Waals surface area contributed by atoms with Crippen molar-refractivity contribution in [2.24, 2.45) is 0 Å². The van der Waals surface area contributed by atoms with E-state index < -0.39 is 0 Å². The molecular weight excluding hydrogens is 270 g/mol. The zero-order valence-electron chi connectivity index (χ0n) is 13.3. The fraction of sp³-hybridized carbons (Fsp3) is 0.368. The topological polar surface area (TPSA) is 41.3 Å². The Balaban J connectivity index is 1.78. The highest BCUT2D eigenvalue weighted by atomic mass is 15.2. The van der Waals surface area contributed by atoms with E-state index in [1.807, 2.05) is 12.1 Å². The summed E-state index contributed by atoms with van der Waals surface area (Å²) in [5, 5.41) is 3.52. The Hall–Kier alpha value is -1.84. The molecule has 2 aromatic carbocycles. The van der Waals surface area contributed by atoms with Gasteiger partial charge < -0.3 is 11.1 Å². The van der Waals surface area contributed by atoms with E-state index in [4.69, 9.17) is 5.73 Å². The summed E-state index contributed by atoms with van der Waals surface area (Å²) in [6, 6.07) is 17.7. The van der Waals surface area contributed by atoms with Crippen LogP contribution in [0.5, 0.6) is 0 Å². The van der Waals surface area contributed by atoms with Crippen molar-refractivity contribution in [2.45, 2.75) is 25.9 Å². The van der Waals surface area contributed by atoms with Crippen LogP contribution in [0, 0.1) is 0 Å². The van der Waals surface area contributed by atoms with E-state index in [0.29, 0.717) is 6.04 Å². The first-order chi connectivity index (χ1) is 10.8. The van der Waals surface area contributed by atoms with E-state index in [1.165, 1.54) is 16.7 Å². The highest BCUT2D eigenvalue weighted by Gasteiger charge is 2.23. The molecule has 0 amide bonds. The predicted octanol–water partition coefficient (Wildman–Crippen LogP) is 2.98. The normalized spacial score (nSPS) is 19.2. The van der Waals surface area contributed by atoms with Crippen LogP contribution in [0.2, 0.25) is 0 Å². The average Bonchev–Trinajstić information content (AvgIpc) is 2.56. The Labute approximate surface area is 133 Å². The second-order valence-corrected chi connectivity index (χ2v) is 6.03. The number of nitrogens with zero attached hydrogens (tertiary/aromatic N) is 1. The molecule has 1 aliphatic rings. The van der Waals surface area contributed by atoms with Gasteiger partial charge in [0.25, 0.3) is 0 Å². The second kappa shape index (κ2) is 6.95. The van der Waals surface area contributed by atoms with Crippen LogP contribution in [-0.2, 0) is 13.0 Å². The zero-order valence-corrected chi connectivity index (χ0v) is 13.3. The molecule has 1 heterocycles. The number of benzene rings is 2. The fourth-order valence-electron chi connectivity index (χ4n) is 3.17.